The maximum Gasteiger partial charge on any atom is 0.410 e. The van der Waals surface area contributed by atoms with Crippen LogP contribution in [0.2, 0.25) is 0 Å². The third-order valence-electron chi connectivity index (χ3n) is 7.68. The Morgan fingerprint density at radius 1 is 1.09 bits per heavy atom. The number of piperidine rings is 1. The lowest BCUT2D eigenvalue weighted by Gasteiger charge is -2.38. The Morgan fingerprint density at radius 3 is 2.56 bits per heavy atom. The van der Waals surface area contributed by atoms with E-state index in [9.17, 15) is 20.0 Å². The molecule has 0 atom stereocenters. The van der Waals surface area contributed by atoms with Crippen LogP contribution in [0.3, 0.4) is 0 Å². The van der Waals surface area contributed by atoms with Crippen molar-refractivity contribution in [3.63, 3.8) is 0 Å². The number of nitriles is 1. The van der Waals surface area contributed by atoms with E-state index in [1.807, 2.05) is 49.4 Å². The molecular formula is C33H33N7O5. The molecule has 0 radical (unpaired) electrons. The molecule has 6 rings (SSSR count). The van der Waals surface area contributed by atoms with E-state index in [1.165, 1.54) is 6.07 Å². The Kier molecular flexibility index (Phi) is 7.72. The highest BCUT2D eigenvalue weighted by atomic mass is 16.6. The fourth-order valence-electron chi connectivity index (χ4n) is 5.29. The van der Waals surface area contributed by atoms with Gasteiger partial charge in [0, 0.05) is 30.9 Å². The van der Waals surface area contributed by atoms with Crippen molar-refractivity contribution in [1.82, 2.24) is 28.8 Å². The van der Waals surface area contributed by atoms with Crippen molar-refractivity contribution in [2.24, 2.45) is 0 Å². The quantitative estimate of drug-likeness (QED) is 0.300. The van der Waals surface area contributed by atoms with Crippen molar-refractivity contribution in [3.8, 4) is 23.2 Å². The van der Waals surface area contributed by atoms with Crippen LogP contribution in [-0.4, -0.2) is 70.9 Å². The number of imidazole rings is 1. The lowest BCUT2D eigenvalue weighted by Crippen LogP contribution is -2.50. The molecule has 0 spiro atoms. The zero-order valence-electron chi connectivity index (χ0n) is 25.3. The molecule has 0 unspecified atom stereocenters. The molecule has 230 valence electrons. The Labute approximate surface area is 259 Å². The monoisotopic (exact) mass is 607 g/mol. The molecule has 1 aliphatic heterocycles. The lowest BCUT2D eigenvalue weighted by atomic mass is 9.92. The summed E-state index contributed by atoms with van der Waals surface area (Å²) < 4.78 is 14.7. The van der Waals surface area contributed by atoms with Gasteiger partial charge in [-0.2, -0.15) is 5.26 Å². The predicted molar refractivity (Wildman–Crippen MR) is 166 cm³/mol. The minimum absolute atomic E-state index is 0.0499. The number of fused-ring (bicyclic) bond motifs is 3. The van der Waals surface area contributed by atoms with E-state index in [0.717, 1.165) is 16.6 Å². The number of nitrogens with zero attached hydrogens (tertiary/aromatic N) is 7. The van der Waals surface area contributed by atoms with E-state index in [2.05, 4.69) is 21.0 Å². The molecule has 1 saturated heterocycles. The van der Waals surface area contributed by atoms with Crippen LogP contribution in [0, 0.1) is 11.3 Å². The number of amides is 1. The summed E-state index contributed by atoms with van der Waals surface area (Å²) in [4.78, 5) is 40.4. The number of rotatable bonds is 6. The topological polar surface area (TPSA) is 148 Å². The van der Waals surface area contributed by atoms with Gasteiger partial charge in [0.05, 0.1) is 41.6 Å². The number of hydrogen-bond acceptors (Lipinski definition) is 9. The average Bonchev–Trinajstić information content (AvgIpc) is 3.39. The van der Waals surface area contributed by atoms with Gasteiger partial charge in [-0.15, -0.1) is 0 Å². The maximum atomic E-state index is 12.9. The number of aromatic nitrogens is 5. The van der Waals surface area contributed by atoms with Gasteiger partial charge in [0.2, 0.25) is 5.78 Å². The SMILES string of the molecule is CC(C)(C)OC(=O)N1CCC(O)(COc2cnc(-c3cccc(Cn4c(=O)ccn5c6cc(C#N)ccc6nc45)c3)nc2)CC1. The van der Waals surface area contributed by atoms with E-state index >= 15 is 0 Å². The van der Waals surface area contributed by atoms with Crippen LogP contribution in [0.1, 0.15) is 44.7 Å². The van der Waals surface area contributed by atoms with Crippen LogP contribution < -0.4 is 10.3 Å². The van der Waals surface area contributed by atoms with Crippen LogP contribution in [0.5, 0.6) is 5.75 Å². The number of aliphatic hydroxyl groups is 1. The van der Waals surface area contributed by atoms with E-state index in [-0.39, 0.29) is 24.8 Å². The van der Waals surface area contributed by atoms with Crippen molar-refractivity contribution in [2.75, 3.05) is 19.7 Å². The standard InChI is InChI=1S/C33H33N7O5/c1-32(2,3)45-31(42)38-13-10-33(43,11-14-38)21-44-25-18-35-29(36-19-25)24-6-4-5-23(15-24)20-40-28(41)9-12-39-27-16-22(17-34)7-8-26(27)37-30(39)40/h4-9,12,15-16,18-19,43H,10-11,13-14,20-21H2,1-3H3. The van der Waals surface area contributed by atoms with Gasteiger partial charge in [0.25, 0.3) is 5.56 Å². The second-order valence-corrected chi connectivity index (χ2v) is 12.3. The largest absolute Gasteiger partial charge is 0.487 e. The number of ether oxygens (including phenoxy) is 2. The molecule has 12 heteroatoms. The zero-order chi connectivity index (χ0) is 31.8. The summed E-state index contributed by atoms with van der Waals surface area (Å²) >= 11 is 0. The zero-order valence-corrected chi connectivity index (χ0v) is 25.3. The number of carbonyl (C=O) groups excluding carboxylic acids is 1. The summed E-state index contributed by atoms with van der Waals surface area (Å²) in [5, 5.41) is 20.3. The van der Waals surface area contributed by atoms with Crippen LogP contribution in [0.4, 0.5) is 4.79 Å². The highest BCUT2D eigenvalue weighted by molar-refractivity contribution is 5.81. The molecule has 45 heavy (non-hydrogen) atoms. The second kappa shape index (κ2) is 11.7. The molecule has 2 aromatic carbocycles. The first-order chi connectivity index (χ1) is 21.5. The first-order valence-electron chi connectivity index (χ1n) is 14.7. The number of hydrogen-bond donors (Lipinski definition) is 1. The van der Waals surface area contributed by atoms with Crippen LogP contribution >= 0.6 is 0 Å². The van der Waals surface area contributed by atoms with E-state index in [1.54, 1.807) is 46.3 Å². The second-order valence-electron chi connectivity index (χ2n) is 12.3. The Hall–Kier alpha value is -5.28. The van der Waals surface area contributed by atoms with Crippen molar-refractivity contribution in [1.29, 1.82) is 5.26 Å². The molecule has 0 saturated carbocycles. The third-order valence-corrected chi connectivity index (χ3v) is 7.68. The maximum absolute atomic E-state index is 12.9. The van der Waals surface area contributed by atoms with Gasteiger partial charge in [-0.25, -0.2) is 19.7 Å². The highest BCUT2D eigenvalue weighted by Gasteiger charge is 2.36. The molecule has 5 aromatic rings. The molecule has 0 bridgehead atoms. The summed E-state index contributed by atoms with van der Waals surface area (Å²) in [6.07, 6.45) is 5.14. The van der Waals surface area contributed by atoms with Crippen LogP contribution in [0.15, 0.2) is 71.9 Å². The first kappa shape index (κ1) is 29.8. The summed E-state index contributed by atoms with van der Waals surface area (Å²) in [5.74, 6) is 1.38. The molecule has 1 N–H and O–H groups in total. The molecule has 1 amide bonds. The summed E-state index contributed by atoms with van der Waals surface area (Å²) in [6.45, 7) is 6.55. The molecule has 3 aromatic heterocycles. The summed E-state index contributed by atoms with van der Waals surface area (Å²) in [5.41, 5.74) is 1.73. The van der Waals surface area contributed by atoms with Crippen LogP contribution in [-0.2, 0) is 11.3 Å². The van der Waals surface area contributed by atoms with Crippen molar-refractivity contribution in [2.45, 2.75) is 51.4 Å². The molecule has 1 aliphatic rings. The van der Waals surface area contributed by atoms with Crippen molar-refractivity contribution >= 4 is 22.9 Å². The van der Waals surface area contributed by atoms with Gasteiger partial charge in [-0.05, 0) is 63.4 Å². The third kappa shape index (κ3) is 6.49. The fraction of sp³-hybridized carbons (Fsp3) is 0.333. The van der Waals surface area contributed by atoms with Gasteiger partial charge in [-0.1, -0.05) is 18.2 Å². The van der Waals surface area contributed by atoms with Gasteiger partial charge in [-0.3, -0.25) is 13.8 Å². The van der Waals surface area contributed by atoms with E-state index in [0.29, 0.717) is 54.4 Å². The minimum atomic E-state index is -1.08. The predicted octanol–water partition coefficient (Wildman–Crippen LogP) is 4.17. The van der Waals surface area contributed by atoms with E-state index < -0.39 is 11.2 Å². The summed E-state index contributed by atoms with van der Waals surface area (Å²) in [7, 11) is 0. The highest BCUT2D eigenvalue weighted by Crippen LogP contribution is 2.26. The first-order valence-corrected chi connectivity index (χ1v) is 14.7. The van der Waals surface area contributed by atoms with Gasteiger partial charge in [0.1, 0.15) is 17.8 Å². The Balaban J connectivity index is 1.12. The Bertz CT molecular complexity index is 1980. The number of likely N-dealkylation sites (tertiary alicyclic amines) is 1. The summed E-state index contributed by atoms with van der Waals surface area (Å²) in [6, 6.07) is 16.5. The number of carbonyl (C=O) groups is 1. The molecular weight excluding hydrogens is 574 g/mol. The van der Waals surface area contributed by atoms with E-state index in [4.69, 9.17) is 9.47 Å². The van der Waals surface area contributed by atoms with Crippen molar-refractivity contribution < 1.29 is 19.4 Å². The van der Waals surface area contributed by atoms with Gasteiger partial charge < -0.3 is 19.5 Å². The smallest absolute Gasteiger partial charge is 0.410 e. The fourth-order valence-corrected chi connectivity index (χ4v) is 5.29. The lowest BCUT2D eigenvalue weighted by molar-refractivity contribution is -0.0562. The number of benzene rings is 2. The molecule has 1 fully saturated rings. The molecule has 4 heterocycles. The van der Waals surface area contributed by atoms with Crippen LogP contribution in [0.25, 0.3) is 28.2 Å². The molecule has 0 aliphatic carbocycles. The normalized spacial score (nSPS) is 14.8. The van der Waals surface area contributed by atoms with Crippen molar-refractivity contribution in [3.05, 3.63) is 88.6 Å². The van der Waals surface area contributed by atoms with Gasteiger partial charge in [0.15, 0.2) is 11.6 Å². The Morgan fingerprint density at radius 2 is 1.84 bits per heavy atom. The minimum Gasteiger partial charge on any atom is -0.487 e. The molecule has 12 nitrogen and oxygen atoms in total. The average molecular weight is 608 g/mol. The van der Waals surface area contributed by atoms with Gasteiger partial charge >= 0.3 is 6.09 Å².